The Morgan fingerprint density at radius 1 is 1.50 bits per heavy atom. The van der Waals surface area contributed by atoms with Gasteiger partial charge in [-0.15, -0.1) is 0 Å². The Bertz CT molecular complexity index is 1220. The molecule has 2 fully saturated rings. The SMILES string of the molecule is COCc1cn2c(Nc3cc([C@@H]4OC[C@H](OC(O)NC5(C)CC5)[C@@H]4F)[nH]n3)ncc(C#N)c2n1. The summed E-state index contributed by atoms with van der Waals surface area (Å²) in [5.41, 5.74) is 1.63. The Morgan fingerprint density at radius 2 is 2.32 bits per heavy atom. The molecule has 0 aromatic carbocycles. The fraction of sp³-hybridized carbons (Fsp3) is 0.524. The van der Waals surface area contributed by atoms with E-state index in [1.807, 2.05) is 6.92 Å². The minimum Gasteiger partial charge on any atom is -0.378 e. The number of ether oxygens (including phenoxy) is 3. The normalized spacial score (nSPS) is 24.3. The number of aromatic amines is 1. The van der Waals surface area contributed by atoms with Crippen LogP contribution < -0.4 is 10.6 Å². The number of methoxy groups -OCH3 is 1. The number of H-pyrrole nitrogens is 1. The minimum absolute atomic E-state index is 0.00180. The lowest BCUT2D eigenvalue weighted by molar-refractivity contribution is -0.168. The standard InChI is InChI=1S/C21H25FN8O4/c1-21(3-4-21)27-20(31)34-14-10-33-17(16(14)22)13-5-15(29-28-13)26-19-24-7-11(6-23)18-25-12(9-32-2)8-30(18)19/h5,7-8,14,16-17,20,27,31H,3-4,9-10H2,1-2H3,(H2,24,26,28,29)/t14-,16-,17-,20?/m0/s1. The van der Waals surface area contributed by atoms with E-state index in [0.29, 0.717) is 34.4 Å². The second-order valence-electron chi connectivity index (χ2n) is 8.73. The fourth-order valence-electron chi connectivity index (χ4n) is 3.86. The van der Waals surface area contributed by atoms with Gasteiger partial charge in [-0.3, -0.25) is 14.8 Å². The molecule has 2 aliphatic rings. The first kappa shape index (κ1) is 22.6. The van der Waals surface area contributed by atoms with Crippen molar-refractivity contribution >= 4 is 17.4 Å². The molecule has 1 aliphatic heterocycles. The summed E-state index contributed by atoms with van der Waals surface area (Å²) in [6, 6.07) is 3.68. The number of nitrogens with one attached hydrogen (secondary N) is 3. The number of alkyl halides is 1. The molecule has 3 aromatic rings. The van der Waals surface area contributed by atoms with Crippen LogP contribution in [0.3, 0.4) is 0 Å². The van der Waals surface area contributed by atoms with E-state index in [0.717, 1.165) is 12.8 Å². The van der Waals surface area contributed by atoms with Gasteiger partial charge in [0.15, 0.2) is 17.6 Å². The molecule has 1 aliphatic carbocycles. The topological polar surface area (TPSA) is 155 Å². The monoisotopic (exact) mass is 472 g/mol. The molecule has 1 saturated heterocycles. The molecule has 1 unspecified atom stereocenters. The van der Waals surface area contributed by atoms with Crippen LogP contribution in [-0.4, -0.2) is 67.6 Å². The number of aliphatic hydroxyl groups is 1. The lowest BCUT2D eigenvalue weighted by atomic mass is 10.1. The van der Waals surface area contributed by atoms with Gasteiger partial charge in [0, 0.05) is 24.9 Å². The highest BCUT2D eigenvalue weighted by atomic mass is 19.1. The van der Waals surface area contributed by atoms with E-state index in [9.17, 15) is 10.4 Å². The first-order valence-corrected chi connectivity index (χ1v) is 10.8. The predicted octanol–water partition coefficient (Wildman–Crippen LogP) is 1.43. The zero-order valence-electron chi connectivity index (χ0n) is 18.7. The molecule has 3 aromatic heterocycles. The third-order valence-electron chi connectivity index (χ3n) is 5.96. The number of halogens is 1. The van der Waals surface area contributed by atoms with E-state index in [4.69, 9.17) is 14.2 Å². The number of aromatic nitrogens is 5. The van der Waals surface area contributed by atoms with Crippen LogP contribution in [0.2, 0.25) is 0 Å². The minimum atomic E-state index is -1.50. The number of hydrogen-bond acceptors (Lipinski definition) is 10. The second kappa shape index (κ2) is 8.90. The average Bonchev–Trinajstić information content (AvgIpc) is 3.16. The summed E-state index contributed by atoms with van der Waals surface area (Å²) in [6.07, 6.45) is 0.397. The maximum Gasteiger partial charge on any atom is 0.214 e. The smallest absolute Gasteiger partial charge is 0.214 e. The van der Waals surface area contributed by atoms with Crippen molar-refractivity contribution in [2.24, 2.45) is 0 Å². The van der Waals surface area contributed by atoms with Crippen molar-refractivity contribution in [2.75, 3.05) is 19.0 Å². The van der Waals surface area contributed by atoms with Crippen molar-refractivity contribution in [1.29, 1.82) is 5.26 Å². The van der Waals surface area contributed by atoms with Crippen LogP contribution in [0, 0.1) is 11.3 Å². The number of fused-ring (bicyclic) bond motifs is 1. The first-order chi connectivity index (χ1) is 16.4. The summed E-state index contributed by atoms with van der Waals surface area (Å²) < 4.78 is 32.8. The second-order valence-corrected chi connectivity index (χ2v) is 8.73. The number of aliphatic hydroxyl groups excluding tert-OH is 1. The number of rotatable bonds is 9. The number of imidazole rings is 1. The molecule has 13 heteroatoms. The number of anilines is 2. The third-order valence-corrected chi connectivity index (χ3v) is 5.96. The van der Waals surface area contributed by atoms with Crippen molar-refractivity contribution in [3.05, 3.63) is 35.4 Å². The largest absolute Gasteiger partial charge is 0.378 e. The zero-order chi connectivity index (χ0) is 23.9. The predicted molar refractivity (Wildman–Crippen MR) is 116 cm³/mol. The molecule has 4 heterocycles. The lowest BCUT2D eigenvalue weighted by Crippen LogP contribution is -2.43. The molecule has 0 spiro atoms. The molecule has 180 valence electrons. The van der Waals surface area contributed by atoms with Gasteiger partial charge in [0.25, 0.3) is 0 Å². The summed E-state index contributed by atoms with van der Waals surface area (Å²) >= 11 is 0. The van der Waals surface area contributed by atoms with E-state index < -0.39 is 24.8 Å². The maximum absolute atomic E-state index is 15.0. The van der Waals surface area contributed by atoms with Crippen LogP contribution in [0.4, 0.5) is 16.2 Å². The van der Waals surface area contributed by atoms with Gasteiger partial charge in [0.2, 0.25) is 12.4 Å². The van der Waals surface area contributed by atoms with E-state index in [1.54, 1.807) is 23.8 Å². The van der Waals surface area contributed by atoms with Crippen molar-refractivity contribution in [3.8, 4) is 6.07 Å². The quantitative estimate of drug-likeness (QED) is 0.336. The molecule has 0 radical (unpaired) electrons. The highest BCUT2D eigenvalue weighted by Gasteiger charge is 2.44. The molecule has 0 amide bonds. The van der Waals surface area contributed by atoms with Gasteiger partial charge in [0.1, 0.15) is 23.8 Å². The fourth-order valence-corrected chi connectivity index (χ4v) is 3.86. The van der Waals surface area contributed by atoms with Gasteiger partial charge in [-0.25, -0.2) is 14.4 Å². The van der Waals surface area contributed by atoms with Crippen molar-refractivity contribution in [1.82, 2.24) is 29.9 Å². The summed E-state index contributed by atoms with van der Waals surface area (Å²) in [7, 11) is 1.56. The molecule has 4 atom stereocenters. The Hall–Kier alpha value is -3.15. The van der Waals surface area contributed by atoms with Gasteiger partial charge >= 0.3 is 0 Å². The molecule has 34 heavy (non-hydrogen) atoms. The van der Waals surface area contributed by atoms with E-state index in [1.165, 1.54) is 6.20 Å². The molecule has 12 nitrogen and oxygen atoms in total. The Morgan fingerprint density at radius 3 is 3.06 bits per heavy atom. The Kier molecular flexibility index (Phi) is 5.92. The van der Waals surface area contributed by atoms with E-state index in [-0.39, 0.29) is 18.8 Å². The molecule has 4 N–H and O–H groups in total. The Balaban J connectivity index is 1.28. The average molecular weight is 472 g/mol. The summed E-state index contributed by atoms with van der Waals surface area (Å²) in [6.45, 7) is 2.25. The van der Waals surface area contributed by atoms with E-state index >= 15 is 4.39 Å². The highest BCUT2D eigenvalue weighted by molar-refractivity contribution is 5.61. The maximum atomic E-state index is 15.0. The first-order valence-electron chi connectivity index (χ1n) is 10.8. The van der Waals surface area contributed by atoms with Crippen LogP contribution in [0.1, 0.15) is 42.8 Å². The van der Waals surface area contributed by atoms with Crippen LogP contribution in [-0.2, 0) is 20.8 Å². The molecule has 0 bridgehead atoms. The molecular formula is C21H25FN8O4. The highest BCUT2D eigenvalue weighted by Crippen LogP contribution is 2.36. The van der Waals surface area contributed by atoms with E-state index in [2.05, 4.69) is 36.9 Å². The number of nitriles is 1. The summed E-state index contributed by atoms with van der Waals surface area (Å²) in [4.78, 5) is 8.69. The number of hydrogen-bond donors (Lipinski definition) is 4. The molecular weight excluding hydrogens is 447 g/mol. The zero-order valence-corrected chi connectivity index (χ0v) is 18.7. The van der Waals surface area contributed by atoms with Gasteiger partial charge < -0.3 is 24.6 Å². The summed E-state index contributed by atoms with van der Waals surface area (Å²) in [5.74, 6) is 0.744. The lowest BCUT2D eigenvalue weighted by Gasteiger charge is -2.22. The van der Waals surface area contributed by atoms with Crippen molar-refractivity contribution < 1.29 is 23.7 Å². The van der Waals surface area contributed by atoms with Crippen LogP contribution in [0.25, 0.3) is 5.65 Å². The van der Waals surface area contributed by atoms with Gasteiger partial charge in [-0.1, -0.05) is 0 Å². The molecule has 1 saturated carbocycles. The van der Waals surface area contributed by atoms with Gasteiger partial charge in [-0.05, 0) is 19.8 Å². The molecule has 5 rings (SSSR count). The van der Waals surface area contributed by atoms with Crippen molar-refractivity contribution in [2.45, 2.75) is 56.7 Å². The Labute approximate surface area is 194 Å². The van der Waals surface area contributed by atoms with Gasteiger partial charge in [-0.2, -0.15) is 10.4 Å². The summed E-state index contributed by atoms with van der Waals surface area (Å²) in [5, 5.41) is 32.3. The number of nitrogens with zero attached hydrogens (tertiary/aromatic N) is 5. The van der Waals surface area contributed by atoms with Crippen LogP contribution >= 0.6 is 0 Å². The van der Waals surface area contributed by atoms with Crippen LogP contribution in [0.15, 0.2) is 18.5 Å². The van der Waals surface area contributed by atoms with Crippen LogP contribution in [0.5, 0.6) is 0 Å². The van der Waals surface area contributed by atoms with Gasteiger partial charge in [0.05, 0.1) is 30.8 Å². The van der Waals surface area contributed by atoms with Crippen molar-refractivity contribution in [3.63, 3.8) is 0 Å². The third kappa shape index (κ3) is 4.46.